The Balaban J connectivity index is 2.63. The molecule has 0 aliphatic heterocycles. The second-order valence-corrected chi connectivity index (χ2v) is 3.31. The van der Waals surface area contributed by atoms with E-state index in [1.807, 2.05) is 30.3 Å². The van der Waals surface area contributed by atoms with Gasteiger partial charge in [0.25, 0.3) is 0 Å². The third-order valence-corrected chi connectivity index (χ3v) is 1.95. The van der Waals surface area contributed by atoms with Gasteiger partial charge in [0, 0.05) is 4.47 Å². The Hall–Kier alpha value is -0.890. The smallest absolute Gasteiger partial charge is 0.142 e. The fourth-order valence-corrected chi connectivity index (χ4v) is 1.37. The van der Waals surface area contributed by atoms with Gasteiger partial charge in [-0.2, -0.15) is 0 Å². The van der Waals surface area contributed by atoms with Crippen molar-refractivity contribution < 1.29 is 4.79 Å². The molecule has 0 saturated heterocycles. The van der Waals surface area contributed by atoms with Gasteiger partial charge >= 0.3 is 0 Å². The standard InChI is InChI=1S/C10H9BrO/c11-10-6-3-5-9(8-10)4-1-2-7-12/h1-3,5-8H,4H2. The molecule has 0 heterocycles. The highest BCUT2D eigenvalue weighted by Crippen LogP contribution is 2.11. The maximum Gasteiger partial charge on any atom is 0.142 e. The van der Waals surface area contributed by atoms with Crippen molar-refractivity contribution in [3.8, 4) is 0 Å². The van der Waals surface area contributed by atoms with Gasteiger partial charge in [-0.15, -0.1) is 0 Å². The van der Waals surface area contributed by atoms with Crippen LogP contribution in [-0.2, 0) is 11.2 Å². The number of allylic oxidation sites excluding steroid dienone is 2. The number of benzene rings is 1. The van der Waals surface area contributed by atoms with E-state index in [2.05, 4.69) is 15.9 Å². The Morgan fingerprint density at radius 1 is 1.42 bits per heavy atom. The molecule has 12 heavy (non-hydrogen) atoms. The van der Waals surface area contributed by atoms with Crippen LogP contribution in [0.1, 0.15) is 5.56 Å². The summed E-state index contributed by atoms with van der Waals surface area (Å²) >= 11 is 3.38. The van der Waals surface area contributed by atoms with Gasteiger partial charge < -0.3 is 0 Å². The lowest BCUT2D eigenvalue weighted by atomic mass is 10.1. The summed E-state index contributed by atoms with van der Waals surface area (Å²) in [5.41, 5.74) is 1.20. The van der Waals surface area contributed by atoms with Gasteiger partial charge in [0.05, 0.1) is 0 Å². The SMILES string of the molecule is O=CC=CCc1cccc(Br)c1. The van der Waals surface area contributed by atoms with Crippen LogP contribution in [0.2, 0.25) is 0 Å². The summed E-state index contributed by atoms with van der Waals surface area (Å²) < 4.78 is 1.07. The van der Waals surface area contributed by atoms with E-state index in [1.165, 1.54) is 11.6 Å². The Morgan fingerprint density at radius 2 is 2.25 bits per heavy atom. The lowest BCUT2D eigenvalue weighted by Crippen LogP contribution is -1.79. The second-order valence-electron chi connectivity index (χ2n) is 2.40. The van der Waals surface area contributed by atoms with Gasteiger partial charge in [-0.3, -0.25) is 4.79 Å². The van der Waals surface area contributed by atoms with Gasteiger partial charge in [-0.25, -0.2) is 0 Å². The van der Waals surface area contributed by atoms with Crippen LogP contribution in [0.4, 0.5) is 0 Å². The molecular weight excluding hydrogens is 216 g/mol. The molecule has 2 heteroatoms. The van der Waals surface area contributed by atoms with Crippen molar-refractivity contribution in [2.24, 2.45) is 0 Å². The van der Waals surface area contributed by atoms with Crippen LogP contribution in [0.15, 0.2) is 40.9 Å². The van der Waals surface area contributed by atoms with Crippen molar-refractivity contribution in [1.82, 2.24) is 0 Å². The number of hydrogen-bond donors (Lipinski definition) is 0. The number of carbonyl (C=O) groups excluding carboxylic acids is 1. The first kappa shape index (κ1) is 9.20. The minimum absolute atomic E-state index is 0.790. The van der Waals surface area contributed by atoms with E-state index < -0.39 is 0 Å². The zero-order valence-electron chi connectivity index (χ0n) is 6.53. The van der Waals surface area contributed by atoms with Crippen molar-refractivity contribution in [3.63, 3.8) is 0 Å². The molecule has 0 aromatic heterocycles. The van der Waals surface area contributed by atoms with Gasteiger partial charge in [-0.05, 0) is 30.2 Å². The zero-order chi connectivity index (χ0) is 8.81. The minimum Gasteiger partial charge on any atom is -0.299 e. The van der Waals surface area contributed by atoms with Crippen molar-refractivity contribution in [2.45, 2.75) is 6.42 Å². The van der Waals surface area contributed by atoms with Gasteiger partial charge in [0.2, 0.25) is 0 Å². The Morgan fingerprint density at radius 3 is 2.92 bits per heavy atom. The van der Waals surface area contributed by atoms with E-state index in [-0.39, 0.29) is 0 Å². The average molecular weight is 225 g/mol. The van der Waals surface area contributed by atoms with Crippen molar-refractivity contribution in [3.05, 3.63) is 46.5 Å². The van der Waals surface area contributed by atoms with Crippen LogP contribution >= 0.6 is 15.9 Å². The van der Waals surface area contributed by atoms with Crippen LogP contribution in [0, 0.1) is 0 Å². The molecule has 0 aliphatic carbocycles. The van der Waals surface area contributed by atoms with Crippen molar-refractivity contribution in [1.29, 1.82) is 0 Å². The summed E-state index contributed by atoms with van der Waals surface area (Å²) in [7, 11) is 0. The molecule has 1 nitrogen and oxygen atoms in total. The van der Waals surface area contributed by atoms with E-state index in [1.54, 1.807) is 0 Å². The number of carbonyl (C=O) groups is 1. The van der Waals surface area contributed by atoms with Crippen LogP contribution in [0.5, 0.6) is 0 Å². The number of halogens is 1. The van der Waals surface area contributed by atoms with E-state index in [0.29, 0.717) is 0 Å². The molecule has 1 aromatic rings. The molecule has 0 atom stereocenters. The Labute approximate surface area is 80.2 Å². The lowest BCUT2D eigenvalue weighted by molar-refractivity contribution is -0.104. The first-order valence-electron chi connectivity index (χ1n) is 3.67. The van der Waals surface area contributed by atoms with E-state index in [0.717, 1.165) is 17.2 Å². The molecule has 0 aliphatic rings. The average Bonchev–Trinajstić information content (AvgIpc) is 2.05. The quantitative estimate of drug-likeness (QED) is 0.571. The first-order valence-corrected chi connectivity index (χ1v) is 4.47. The highest BCUT2D eigenvalue weighted by atomic mass is 79.9. The van der Waals surface area contributed by atoms with Gasteiger partial charge in [0.1, 0.15) is 6.29 Å². The minimum atomic E-state index is 0.790. The fourth-order valence-electron chi connectivity index (χ4n) is 0.924. The molecule has 0 radical (unpaired) electrons. The molecule has 0 spiro atoms. The highest BCUT2D eigenvalue weighted by Gasteiger charge is 1.89. The number of hydrogen-bond acceptors (Lipinski definition) is 1. The third-order valence-electron chi connectivity index (χ3n) is 1.46. The molecule has 62 valence electrons. The Bertz CT molecular complexity index is 292. The van der Waals surface area contributed by atoms with Gasteiger partial charge in [0.15, 0.2) is 0 Å². The molecule has 0 saturated carbocycles. The summed E-state index contributed by atoms with van der Waals surface area (Å²) in [6.45, 7) is 0. The molecule has 1 aromatic carbocycles. The normalized spacial score (nSPS) is 10.4. The molecule has 0 fully saturated rings. The molecule has 0 amide bonds. The largest absolute Gasteiger partial charge is 0.299 e. The summed E-state index contributed by atoms with van der Waals surface area (Å²) in [6.07, 6.45) is 4.95. The molecular formula is C10H9BrO. The topological polar surface area (TPSA) is 17.1 Å². The summed E-state index contributed by atoms with van der Waals surface area (Å²) in [5, 5.41) is 0. The van der Waals surface area contributed by atoms with Crippen LogP contribution < -0.4 is 0 Å². The Kier molecular flexibility index (Phi) is 3.74. The van der Waals surface area contributed by atoms with E-state index >= 15 is 0 Å². The van der Waals surface area contributed by atoms with Crippen molar-refractivity contribution in [2.75, 3.05) is 0 Å². The molecule has 1 rings (SSSR count). The van der Waals surface area contributed by atoms with Crippen LogP contribution in [0.3, 0.4) is 0 Å². The monoisotopic (exact) mass is 224 g/mol. The van der Waals surface area contributed by atoms with E-state index in [9.17, 15) is 4.79 Å². The summed E-state index contributed by atoms with van der Waals surface area (Å²) in [5.74, 6) is 0. The number of aldehydes is 1. The van der Waals surface area contributed by atoms with Crippen LogP contribution in [-0.4, -0.2) is 6.29 Å². The van der Waals surface area contributed by atoms with Gasteiger partial charge in [-0.1, -0.05) is 34.1 Å². The van der Waals surface area contributed by atoms with Crippen LogP contribution in [0.25, 0.3) is 0 Å². The van der Waals surface area contributed by atoms with Crippen molar-refractivity contribution >= 4 is 22.2 Å². The fraction of sp³-hybridized carbons (Fsp3) is 0.100. The highest BCUT2D eigenvalue weighted by molar-refractivity contribution is 9.10. The second kappa shape index (κ2) is 4.88. The maximum absolute atomic E-state index is 9.97. The first-order chi connectivity index (χ1) is 5.83. The third kappa shape index (κ3) is 3.01. The predicted molar refractivity (Wildman–Crippen MR) is 53.1 cm³/mol. The molecule has 0 unspecified atom stereocenters. The predicted octanol–water partition coefficient (Wildman–Crippen LogP) is 2.75. The number of rotatable bonds is 3. The lowest BCUT2D eigenvalue weighted by Gasteiger charge is -1.95. The summed E-state index contributed by atoms with van der Waals surface area (Å²) in [4.78, 5) is 9.97. The van der Waals surface area contributed by atoms with E-state index in [4.69, 9.17) is 0 Å². The zero-order valence-corrected chi connectivity index (χ0v) is 8.12. The molecule has 0 N–H and O–H groups in total. The summed E-state index contributed by atoms with van der Waals surface area (Å²) in [6, 6.07) is 8.02. The molecule has 0 bridgehead atoms. The maximum atomic E-state index is 9.97.